The second-order valence-electron chi connectivity index (χ2n) is 5.49. The number of hydrogen-bond donors (Lipinski definition) is 1. The third-order valence-corrected chi connectivity index (χ3v) is 4.00. The number of aromatic amines is 1. The van der Waals surface area contributed by atoms with Crippen LogP contribution in [-0.2, 0) is 4.74 Å². The number of benzene rings is 1. The van der Waals surface area contributed by atoms with E-state index in [4.69, 9.17) is 4.74 Å². The van der Waals surface area contributed by atoms with E-state index in [1.807, 2.05) is 12.1 Å². The van der Waals surface area contributed by atoms with Crippen molar-refractivity contribution >= 4 is 12.0 Å². The van der Waals surface area contributed by atoms with E-state index in [9.17, 15) is 9.59 Å². The van der Waals surface area contributed by atoms with Crippen molar-refractivity contribution in [2.24, 2.45) is 0 Å². The highest BCUT2D eigenvalue weighted by atomic mass is 16.6. The van der Waals surface area contributed by atoms with Crippen LogP contribution in [0, 0.1) is 0 Å². The van der Waals surface area contributed by atoms with Crippen LogP contribution < -0.4 is 0 Å². The van der Waals surface area contributed by atoms with Crippen LogP contribution >= 0.6 is 0 Å². The molecule has 3 rings (SSSR count). The molecule has 2 amide bonds. The third-order valence-electron chi connectivity index (χ3n) is 4.00. The Morgan fingerprint density at radius 1 is 1.12 bits per heavy atom. The minimum Gasteiger partial charge on any atom is -0.450 e. The summed E-state index contributed by atoms with van der Waals surface area (Å²) < 4.78 is 4.98. The van der Waals surface area contributed by atoms with Gasteiger partial charge in [0.1, 0.15) is 5.82 Å². The first kappa shape index (κ1) is 16.0. The number of rotatable bonds is 3. The van der Waals surface area contributed by atoms with Crippen LogP contribution in [0.25, 0.3) is 11.4 Å². The SMILES string of the molecule is CCOC(=O)N1CCN(C(=O)c2ccc(-c3ncc[nH]3)cc2)CC1. The predicted molar refractivity (Wildman–Crippen MR) is 88.5 cm³/mol. The highest BCUT2D eigenvalue weighted by molar-refractivity contribution is 5.94. The molecule has 2 heterocycles. The Morgan fingerprint density at radius 3 is 2.38 bits per heavy atom. The smallest absolute Gasteiger partial charge is 0.409 e. The number of carbonyl (C=O) groups excluding carboxylic acids is 2. The van der Waals surface area contributed by atoms with Gasteiger partial charge >= 0.3 is 6.09 Å². The Hall–Kier alpha value is -2.83. The first-order valence-electron chi connectivity index (χ1n) is 8.00. The second kappa shape index (κ2) is 7.16. The van der Waals surface area contributed by atoms with Gasteiger partial charge in [-0.15, -0.1) is 0 Å². The van der Waals surface area contributed by atoms with Crippen molar-refractivity contribution in [3.63, 3.8) is 0 Å². The molecule has 7 nitrogen and oxygen atoms in total. The predicted octanol–water partition coefficient (Wildman–Crippen LogP) is 1.99. The van der Waals surface area contributed by atoms with E-state index in [0.717, 1.165) is 11.4 Å². The van der Waals surface area contributed by atoms with Crippen LogP contribution in [0.1, 0.15) is 17.3 Å². The number of hydrogen-bond acceptors (Lipinski definition) is 4. The van der Waals surface area contributed by atoms with Crippen molar-refractivity contribution in [2.45, 2.75) is 6.92 Å². The van der Waals surface area contributed by atoms with E-state index in [0.29, 0.717) is 38.3 Å². The standard InChI is InChI=1S/C17H20N4O3/c1-2-24-17(23)21-11-9-20(10-12-21)16(22)14-5-3-13(4-6-14)15-18-7-8-19-15/h3-8H,2,9-12H2,1H3,(H,18,19). The summed E-state index contributed by atoms with van der Waals surface area (Å²) in [5.74, 6) is 0.751. The summed E-state index contributed by atoms with van der Waals surface area (Å²) in [4.78, 5) is 34.9. The molecule has 0 bridgehead atoms. The first-order chi connectivity index (χ1) is 11.7. The van der Waals surface area contributed by atoms with E-state index < -0.39 is 0 Å². The van der Waals surface area contributed by atoms with Gasteiger partial charge in [-0.25, -0.2) is 9.78 Å². The Labute approximate surface area is 140 Å². The normalized spacial score (nSPS) is 14.5. The summed E-state index contributed by atoms with van der Waals surface area (Å²) in [7, 11) is 0. The molecule has 126 valence electrons. The molecule has 0 spiro atoms. The number of carbonyl (C=O) groups is 2. The quantitative estimate of drug-likeness (QED) is 0.934. The van der Waals surface area contributed by atoms with Crippen LogP contribution in [0.5, 0.6) is 0 Å². The lowest BCUT2D eigenvalue weighted by Crippen LogP contribution is -2.50. The molecule has 1 N–H and O–H groups in total. The zero-order valence-electron chi connectivity index (χ0n) is 13.6. The first-order valence-corrected chi connectivity index (χ1v) is 8.00. The van der Waals surface area contributed by atoms with E-state index in [1.165, 1.54) is 0 Å². The van der Waals surface area contributed by atoms with Crippen molar-refractivity contribution in [3.05, 3.63) is 42.2 Å². The maximum absolute atomic E-state index is 12.6. The molecule has 1 saturated heterocycles. The van der Waals surface area contributed by atoms with Crippen molar-refractivity contribution < 1.29 is 14.3 Å². The molecule has 7 heteroatoms. The van der Waals surface area contributed by atoms with Crippen LogP contribution in [0.4, 0.5) is 4.79 Å². The molecule has 1 aromatic carbocycles. The maximum atomic E-state index is 12.6. The van der Waals surface area contributed by atoms with Gasteiger partial charge in [-0.1, -0.05) is 12.1 Å². The molecule has 1 fully saturated rings. The van der Waals surface area contributed by atoms with Gasteiger partial charge in [-0.2, -0.15) is 0 Å². The number of piperazine rings is 1. The molecule has 0 atom stereocenters. The summed E-state index contributed by atoms with van der Waals surface area (Å²) in [6, 6.07) is 7.36. The molecule has 1 aliphatic rings. The van der Waals surface area contributed by atoms with Gasteiger partial charge in [0, 0.05) is 49.7 Å². The summed E-state index contributed by atoms with van der Waals surface area (Å²) in [6.07, 6.45) is 3.14. The number of nitrogens with zero attached hydrogens (tertiary/aromatic N) is 3. The van der Waals surface area contributed by atoms with Crippen molar-refractivity contribution in [3.8, 4) is 11.4 Å². The van der Waals surface area contributed by atoms with Crippen molar-refractivity contribution in [1.29, 1.82) is 0 Å². The van der Waals surface area contributed by atoms with E-state index >= 15 is 0 Å². The molecule has 0 radical (unpaired) electrons. The van der Waals surface area contributed by atoms with Gasteiger partial charge in [0.25, 0.3) is 5.91 Å². The summed E-state index contributed by atoms with van der Waals surface area (Å²) in [6.45, 7) is 4.16. The van der Waals surface area contributed by atoms with Crippen LogP contribution in [0.2, 0.25) is 0 Å². The fourth-order valence-corrected chi connectivity index (χ4v) is 2.68. The maximum Gasteiger partial charge on any atom is 0.409 e. The topological polar surface area (TPSA) is 78.5 Å². The van der Waals surface area contributed by atoms with Crippen LogP contribution in [0.3, 0.4) is 0 Å². The third kappa shape index (κ3) is 3.40. The molecule has 0 saturated carbocycles. The highest BCUT2D eigenvalue weighted by Crippen LogP contribution is 2.17. The number of amides is 2. The van der Waals surface area contributed by atoms with Crippen molar-refractivity contribution in [1.82, 2.24) is 19.8 Å². The number of H-pyrrole nitrogens is 1. The molecule has 2 aromatic rings. The van der Waals surface area contributed by atoms with E-state index in [2.05, 4.69) is 9.97 Å². The van der Waals surface area contributed by atoms with Gasteiger partial charge in [0.2, 0.25) is 0 Å². The van der Waals surface area contributed by atoms with Gasteiger partial charge in [-0.05, 0) is 19.1 Å². The molecular formula is C17H20N4O3. The highest BCUT2D eigenvalue weighted by Gasteiger charge is 2.25. The van der Waals surface area contributed by atoms with Gasteiger partial charge in [0.05, 0.1) is 6.61 Å². The number of ether oxygens (including phenoxy) is 1. The summed E-state index contributed by atoms with van der Waals surface area (Å²) in [5.41, 5.74) is 1.57. The lowest BCUT2D eigenvalue weighted by atomic mass is 10.1. The van der Waals surface area contributed by atoms with E-state index in [-0.39, 0.29) is 12.0 Å². The van der Waals surface area contributed by atoms with Gasteiger partial charge < -0.3 is 19.5 Å². The van der Waals surface area contributed by atoms with Gasteiger partial charge in [-0.3, -0.25) is 4.79 Å². The Kier molecular flexibility index (Phi) is 4.79. The Balaban J connectivity index is 1.60. The molecule has 0 unspecified atom stereocenters. The number of imidazole rings is 1. The fourth-order valence-electron chi connectivity index (χ4n) is 2.68. The van der Waals surface area contributed by atoms with Gasteiger partial charge in [0.15, 0.2) is 0 Å². The summed E-state index contributed by atoms with van der Waals surface area (Å²) >= 11 is 0. The molecule has 0 aliphatic carbocycles. The van der Waals surface area contributed by atoms with Crippen LogP contribution in [0.15, 0.2) is 36.7 Å². The molecule has 1 aromatic heterocycles. The minimum absolute atomic E-state index is 0.0236. The molecular weight excluding hydrogens is 308 g/mol. The lowest BCUT2D eigenvalue weighted by Gasteiger charge is -2.34. The van der Waals surface area contributed by atoms with E-state index in [1.54, 1.807) is 41.2 Å². The second-order valence-corrected chi connectivity index (χ2v) is 5.49. The Morgan fingerprint density at radius 2 is 1.79 bits per heavy atom. The average molecular weight is 328 g/mol. The average Bonchev–Trinajstić information content (AvgIpc) is 3.16. The van der Waals surface area contributed by atoms with Crippen LogP contribution in [-0.4, -0.2) is 64.6 Å². The monoisotopic (exact) mass is 328 g/mol. The number of aromatic nitrogens is 2. The molecule has 1 aliphatic heterocycles. The fraction of sp³-hybridized carbons (Fsp3) is 0.353. The molecule has 24 heavy (non-hydrogen) atoms. The largest absolute Gasteiger partial charge is 0.450 e. The lowest BCUT2D eigenvalue weighted by molar-refractivity contribution is 0.0570. The zero-order valence-corrected chi connectivity index (χ0v) is 13.6. The summed E-state index contributed by atoms with van der Waals surface area (Å²) in [5, 5.41) is 0. The number of nitrogens with one attached hydrogen (secondary N) is 1. The Bertz CT molecular complexity index is 689. The minimum atomic E-state index is -0.313. The zero-order chi connectivity index (χ0) is 16.9. The van der Waals surface area contributed by atoms with Crippen molar-refractivity contribution in [2.75, 3.05) is 32.8 Å².